The minimum atomic E-state index is -3.55. The molecule has 2 N–H and O–H groups in total. The van der Waals surface area contributed by atoms with Crippen LogP contribution >= 0.6 is 0 Å². The van der Waals surface area contributed by atoms with Crippen LogP contribution in [0.5, 0.6) is 0 Å². The minimum absolute atomic E-state index is 0.137. The third-order valence-electron chi connectivity index (χ3n) is 4.15. The standard InChI is InChI=1S/C20H27N3O3S/c1-5-7-16-10-12-17(13-11-16)21-15(2)20(24)22-18-8-6-9-19(14-18)27(25,26)23(3)4/h6,8-15,21H,5,7H2,1-4H3,(H,22,24)/t15-/m1/s1. The van der Waals surface area contributed by atoms with Gasteiger partial charge in [0.1, 0.15) is 6.04 Å². The Balaban J connectivity index is 2.04. The summed E-state index contributed by atoms with van der Waals surface area (Å²) in [5, 5.41) is 5.92. The minimum Gasteiger partial charge on any atom is -0.374 e. The molecule has 6 nitrogen and oxygen atoms in total. The third kappa shape index (κ3) is 5.55. The first kappa shape index (κ1) is 20.9. The van der Waals surface area contributed by atoms with Gasteiger partial charge in [-0.1, -0.05) is 31.5 Å². The predicted molar refractivity (Wildman–Crippen MR) is 109 cm³/mol. The van der Waals surface area contributed by atoms with Gasteiger partial charge in [0.25, 0.3) is 0 Å². The van der Waals surface area contributed by atoms with Crippen molar-refractivity contribution in [3.63, 3.8) is 0 Å². The summed E-state index contributed by atoms with van der Waals surface area (Å²) >= 11 is 0. The molecule has 0 aromatic heterocycles. The molecule has 1 atom stereocenters. The summed E-state index contributed by atoms with van der Waals surface area (Å²) in [7, 11) is -0.605. The van der Waals surface area contributed by atoms with Crippen molar-refractivity contribution in [2.45, 2.75) is 37.6 Å². The van der Waals surface area contributed by atoms with E-state index in [2.05, 4.69) is 17.6 Å². The number of nitrogens with one attached hydrogen (secondary N) is 2. The second-order valence-corrected chi connectivity index (χ2v) is 8.77. The summed E-state index contributed by atoms with van der Waals surface area (Å²) < 4.78 is 25.6. The zero-order valence-electron chi connectivity index (χ0n) is 16.2. The maximum atomic E-state index is 12.4. The molecule has 2 aromatic rings. The van der Waals surface area contributed by atoms with Gasteiger partial charge in [-0.3, -0.25) is 4.79 Å². The lowest BCUT2D eigenvalue weighted by molar-refractivity contribution is -0.116. The van der Waals surface area contributed by atoms with Gasteiger partial charge < -0.3 is 10.6 Å². The number of sulfonamides is 1. The Kier molecular flexibility index (Phi) is 6.98. The number of aryl methyl sites for hydroxylation is 1. The number of carbonyl (C=O) groups is 1. The molecular weight excluding hydrogens is 362 g/mol. The number of rotatable bonds is 8. The quantitative estimate of drug-likeness (QED) is 0.726. The van der Waals surface area contributed by atoms with Gasteiger partial charge in [-0.2, -0.15) is 0 Å². The molecule has 0 saturated carbocycles. The zero-order valence-corrected chi connectivity index (χ0v) is 17.0. The summed E-state index contributed by atoms with van der Waals surface area (Å²) in [6, 6.07) is 13.8. The third-order valence-corrected chi connectivity index (χ3v) is 5.96. The summed E-state index contributed by atoms with van der Waals surface area (Å²) in [4.78, 5) is 12.6. The fourth-order valence-electron chi connectivity index (χ4n) is 2.57. The first-order valence-corrected chi connectivity index (χ1v) is 10.4. The van der Waals surface area contributed by atoms with Crippen LogP contribution in [-0.4, -0.2) is 38.8 Å². The first-order valence-electron chi connectivity index (χ1n) is 8.93. The lowest BCUT2D eigenvalue weighted by atomic mass is 10.1. The molecule has 7 heteroatoms. The zero-order chi connectivity index (χ0) is 20.0. The second-order valence-electron chi connectivity index (χ2n) is 6.62. The van der Waals surface area contributed by atoms with Crippen LogP contribution in [0.25, 0.3) is 0 Å². The maximum Gasteiger partial charge on any atom is 0.246 e. The maximum absolute atomic E-state index is 12.4. The van der Waals surface area contributed by atoms with Crippen LogP contribution in [0.3, 0.4) is 0 Å². The van der Waals surface area contributed by atoms with E-state index in [4.69, 9.17) is 0 Å². The van der Waals surface area contributed by atoms with Crippen molar-refractivity contribution in [3.05, 3.63) is 54.1 Å². The van der Waals surface area contributed by atoms with Gasteiger partial charge in [-0.05, 0) is 49.2 Å². The van der Waals surface area contributed by atoms with Gasteiger partial charge in [0.05, 0.1) is 4.90 Å². The summed E-state index contributed by atoms with van der Waals surface area (Å²) in [5.74, 6) is -0.243. The van der Waals surface area contributed by atoms with Crippen molar-refractivity contribution in [2.24, 2.45) is 0 Å². The van der Waals surface area contributed by atoms with Gasteiger partial charge in [-0.15, -0.1) is 0 Å². The molecular formula is C20H27N3O3S. The molecule has 2 rings (SSSR count). The Morgan fingerprint density at radius 3 is 2.33 bits per heavy atom. The number of amides is 1. The van der Waals surface area contributed by atoms with E-state index in [9.17, 15) is 13.2 Å². The smallest absolute Gasteiger partial charge is 0.246 e. The van der Waals surface area contributed by atoms with E-state index in [1.54, 1.807) is 19.1 Å². The topological polar surface area (TPSA) is 78.5 Å². The Morgan fingerprint density at radius 2 is 1.74 bits per heavy atom. The molecule has 27 heavy (non-hydrogen) atoms. The first-order chi connectivity index (χ1) is 12.7. The molecule has 0 saturated heterocycles. The summed E-state index contributed by atoms with van der Waals surface area (Å²) in [5.41, 5.74) is 2.57. The van der Waals surface area contributed by atoms with E-state index in [0.717, 1.165) is 22.8 Å². The number of nitrogens with zero attached hydrogens (tertiary/aromatic N) is 1. The van der Waals surface area contributed by atoms with Gasteiger partial charge in [0.15, 0.2) is 0 Å². The average Bonchev–Trinajstić information content (AvgIpc) is 2.63. The molecule has 0 radical (unpaired) electrons. The van der Waals surface area contributed by atoms with E-state index in [1.807, 2.05) is 24.3 Å². The highest BCUT2D eigenvalue weighted by molar-refractivity contribution is 7.89. The van der Waals surface area contributed by atoms with Crippen molar-refractivity contribution < 1.29 is 13.2 Å². The van der Waals surface area contributed by atoms with E-state index in [1.165, 1.54) is 31.8 Å². The molecule has 0 heterocycles. The van der Waals surface area contributed by atoms with Gasteiger partial charge in [-0.25, -0.2) is 12.7 Å². The molecule has 0 unspecified atom stereocenters. The molecule has 0 bridgehead atoms. The van der Waals surface area contributed by atoms with Crippen molar-refractivity contribution >= 4 is 27.3 Å². The van der Waals surface area contributed by atoms with Crippen molar-refractivity contribution in [2.75, 3.05) is 24.7 Å². The highest BCUT2D eigenvalue weighted by atomic mass is 32.2. The van der Waals surface area contributed by atoms with Crippen LogP contribution in [0, 0.1) is 0 Å². The van der Waals surface area contributed by atoms with Gasteiger partial charge in [0.2, 0.25) is 15.9 Å². The second kappa shape index (κ2) is 9.01. The van der Waals surface area contributed by atoms with Crippen LogP contribution in [0.4, 0.5) is 11.4 Å². The Hall–Kier alpha value is -2.38. The van der Waals surface area contributed by atoms with Gasteiger partial charge in [0, 0.05) is 25.5 Å². The molecule has 0 aliphatic heterocycles. The average molecular weight is 390 g/mol. The molecule has 2 aromatic carbocycles. The Bertz CT molecular complexity index is 878. The largest absolute Gasteiger partial charge is 0.374 e. The van der Waals surface area contributed by atoms with E-state index < -0.39 is 16.1 Å². The van der Waals surface area contributed by atoms with Crippen LogP contribution in [-0.2, 0) is 21.2 Å². The van der Waals surface area contributed by atoms with E-state index in [0.29, 0.717) is 5.69 Å². The summed E-state index contributed by atoms with van der Waals surface area (Å²) in [6.07, 6.45) is 2.12. The molecule has 1 amide bonds. The van der Waals surface area contributed by atoms with Crippen LogP contribution in [0.2, 0.25) is 0 Å². The highest BCUT2D eigenvalue weighted by Gasteiger charge is 2.18. The number of anilines is 2. The Morgan fingerprint density at radius 1 is 1.07 bits per heavy atom. The SMILES string of the molecule is CCCc1ccc(N[C@H](C)C(=O)Nc2cccc(S(=O)(=O)N(C)C)c2)cc1. The number of carbonyl (C=O) groups excluding carboxylic acids is 1. The molecule has 0 aliphatic carbocycles. The Labute approximate surface area is 161 Å². The number of hydrogen-bond acceptors (Lipinski definition) is 4. The number of hydrogen-bond donors (Lipinski definition) is 2. The summed E-state index contributed by atoms with van der Waals surface area (Å²) in [6.45, 7) is 3.90. The van der Waals surface area contributed by atoms with Crippen LogP contribution < -0.4 is 10.6 Å². The van der Waals surface area contributed by atoms with Gasteiger partial charge >= 0.3 is 0 Å². The van der Waals surface area contributed by atoms with Crippen LogP contribution in [0.1, 0.15) is 25.8 Å². The fourth-order valence-corrected chi connectivity index (χ4v) is 3.52. The molecule has 0 fully saturated rings. The van der Waals surface area contributed by atoms with Crippen molar-refractivity contribution in [1.82, 2.24) is 4.31 Å². The monoisotopic (exact) mass is 389 g/mol. The predicted octanol–water partition coefficient (Wildman–Crippen LogP) is 3.33. The van der Waals surface area contributed by atoms with Crippen molar-refractivity contribution in [1.29, 1.82) is 0 Å². The molecule has 0 aliphatic rings. The van der Waals surface area contributed by atoms with E-state index in [-0.39, 0.29) is 10.8 Å². The fraction of sp³-hybridized carbons (Fsp3) is 0.350. The van der Waals surface area contributed by atoms with E-state index >= 15 is 0 Å². The lowest BCUT2D eigenvalue weighted by Crippen LogP contribution is -2.32. The lowest BCUT2D eigenvalue weighted by Gasteiger charge is -2.17. The molecule has 146 valence electrons. The molecule has 0 spiro atoms. The number of benzene rings is 2. The van der Waals surface area contributed by atoms with Crippen molar-refractivity contribution in [3.8, 4) is 0 Å². The highest BCUT2D eigenvalue weighted by Crippen LogP contribution is 2.18. The van der Waals surface area contributed by atoms with Crippen LogP contribution in [0.15, 0.2) is 53.4 Å². The normalized spacial score (nSPS) is 12.6.